The Hall–Kier alpha value is -1.91. The van der Waals surface area contributed by atoms with Gasteiger partial charge in [-0.3, -0.25) is 4.79 Å². The summed E-state index contributed by atoms with van der Waals surface area (Å²) < 4.78 is 18.7. The third-order valence-corrected chi connectivity index (χ3v) is 3.99. The van der Waals surface area contributed by atoms with Crippen molar-refractivity contribution >= 4 is 23.2 Å². The van der Waals surface area contributed by atoms with Crippen LogP contribution < -0.4 is 5.32 Å². The first-order valence-corrected chi connectivity index (χ1v) is 7.93. The Labute approximate surface area is 139 Å². The highest BCUT2D eigenvalue weighted by Gasteiger charge is 2.21. The molecule has 23 heavy (non-hydrogen) atoms. The van der Waals surface area contributed by atoms with Gasteiger partial charge in [0, 0.05) is 12.3 Å². The van der Waals surface area contributed by atoms with Gasteiger partial charge in [0.15, 0.2) is 0 Å². The predicted octanol–water partition coefficient (Wildman–Crippen LogP) is 4.66. The van der Waals surface area contributed by atoms with E-state index in [4.69, 9.17) is 16.3 Å². The number of carbonyl (C=O) groups is 1. The van der Waals surface area contributed by atoms with E-state index in [9.17, 15) is 9.18 Å². The van der Waals surface area contributed by atoms with Crippen molar-refractivity contribution in [2.45, 2.75) is 19.4 Å². The highest BCUT2D eigenvalue weighted by Crippen LogP contribution is 2.29. The number of amides is 1. The van der Waals surface area contributed by atoms with Gasteiger partial charge in [-0.15, -0.1) is 0 Å². The molecule has 0 bridgehead atoms. The molecule has 1 aliphatic rings. The molecule has 0 aromatic heterocycles. The first-order valence-electron chi connectivity index (χ1n) is 7.55. The lowest BCUT2D eigenvalue weighted by Crippen LogP contribution is -2.12. The second kappa shape index (κ2) is 7.11. The molecule has 1 N–H and O–H groups in total. The van der Waals surface area contributed by atoms with Crippen LogP contribution in [0.5, 0.6) is 0 Å². The molecule has 0 atom stereocenters. The summed E-state index contributed by atoms with van der Waals surface area (Å²) in [6.45, 7) is 1.32. The molecule has 1 amide bonds. The summed E-state index contributed by atoms with van der Waals surface area (Å²) in [5, 5.41) is 2.86. The molecule has 3 nitrogen and oxygen atoms in total. The van der Waals surface area contributed by atoms with E-state index in [1.54, 1.807) is 6.07 Å². The van der Waals surface area contributed by atoms with Gasteiger partial charge in [0.1, 0.15) is 5.82 Å². The second-order valence-electron chi connectivity index (χ2n) is 5.74. The van der Waals surface area contributed by atoms with Crippen LogP contribution in [0.25, 0.3) is 0 Å². The molecule has 0 spiro atoms. The minimum Gasteiger partial charge on any atom is -0.376 e. The molecule has 2 aromatic rings. The van der Waals surface area contributed by atoms with Crippen LogP contribution in [0.2, 0.25) is 5.02 Å². The van der Waals surface area contributed by atoms with Crippen molar-refractivity contribution in [3.63, 3.8) is 0 Å². The van der Waals surface area contributed by atoms with E-state index < -0.39 is 5.82 Å². The first-order chi connectivity index (χ1) is 11.1. The van der Waals surface area contributed by atoms with Crippen LogP contribution in [0.3, 0.4) is 0 Å². The number of hydrogen-bond donors (Lipinski definition) is 1. The van der Waals surface area contributed by atoms with Crippen LogP contribution >= 0.6 is 11.6 Å². The van der Waals surface area contributed by atoms with Crippen LogP contribution in [0.4, 0.5) is 10.1 Å². The molecule has 0 heterocycles. The Bertz CT molecular complexity index is 716. The second-order valence-corrected chi connectivity index (χ2v) is 6.14. The predicted molar refractivity (Wildman–Crippen MR) is 88.2 cm³/mol. The fourth-order valence-electron chi connectivity index (χ4n) is 2.24. The Kier molecular flexibility index (Phi) is 4.94. The summed E-state index contributed by atoms with van der Waals surface area (Å²) in [7, 11) is 0. The number of ether oxygens (including phenoxy) is 1. The van der Waals surface area contributed by atoms with Gasteiger partial charge in [-0.1, -0.05) is 23.7 Å². The van der Waals surface area contributed by atoms with Crippen molar-refractivity contribution in [3.05, 3.63) is 64.4 Å². The Morgan fingerprint density at radius 3 is 2.83 bits per heavy atom. The molecule has 1 aliphatic carbocycles. The molecule has 0 radical (unpaired) electrons. The van der Waals surface area contributed by atoms with Crippen molar-refractivity contribution in [2.24, 2.45) is 5.92 Å². The van der Waals surface area contributed by atoms with Crippen molar-refractivity contribution in [3.8, 4) is 0 Å². The minimum atomic E-state index is -0.471. The van der Waals surface area contributed by atoms with Crippen LogP contribution in [-0.2, 0) is 11.3 Å². The van der Waals surface area contributed by atoms with Crippen LogP contribution in [0.15, 0.2) is 42.5 Å². The smallest absolute Gasteiger partial charge is 0.257 e. The molecule has 1 saturated carbocycles. The third kappa shape index (κ3) is 4.53. The zero-order valence-corrected chi connectivity index (χ0v) is 13.3. The van der Waals surface area contributed by atoms with Gasteiger partial charge >= 0.3 is 0 Å². The number of carbonyl (C=O) groups excluding carboxylic acids is 1. The molecule has 2 aromatic carbocycles. The molecule has 3 rings (SSSR count). The van der Waals surface area contributed by atoms with Gasteiger partial charge in [0.2, 0.25) is 0 Å². The quantitative estimate of drug-likeness (QED) is 0.835. The third-order valence-electron chi connectivity index (χ3n) is 3.68. The summed E-state index contributed by atoms with van der Waals surface area (Å²) >= 11 is 5.91. The van der Waals surface area contributed by atoms with E-state index in [0.717, 1.165) is 24.2 Å². The van der Waals surface area contributed by atoms with E-state index in [1.165, 1.54) is 25.0 Å². The largest absolute Gasteiger partial charge is 0.376 e. The van der Waals surface area contributed by atoms with Crippen molar-refractivity contribution in [1.29, 1.82) is 0 Å². The summed E-state index contributed by atoms with van der Waals surface area (Å²) in [5.41, 5.74) is 1.89. The zero-order valence-electron chi connectivity index (χ0n) is 12.5. The average molecular weight is 334 g/mol. The summed E-state index contributed by atoms with van der Waals surface area (Å²) in [4.78, 5) is 12.2. The van der Waals surface area contributed by atoms with Gasteiger partial charge in [-0.2, -0.15) is 0 Å². The van der Waals surface area contributed by atoms with Crippen molar-refractivity contribution < 1.29 is 13.9 Å². The Balaban J connectivity index is 1.63. The topological polar surface area (TPSA) is 38.3 Å². The van der Waals surface area contributed by atoms with E-state index in [1.807, 2.05) is 18.2 Å². The fourth-order valence-corrected chi connectivity index (χ4v) is 2.49. The number of hydrogen-bond acceptors (Lipinski definition) is 2. The van der Waals surface area contributed by atoms with E-state index in [0.29, 0.717) is 12.3 Å². The number of nitrogens with one attached hydrogen (secondary N) is 1. The normalized spacial score (nSPS) is 13.8. The van der Waals surface area contributed by atoms with E-state index in [2.05, 4.69) is 5.32 Å². The number of rotatable bonds is 6. The molecule has 5 heteroatoms. The molecule has 0 unspecified atom stereocenters. The highest BCUT2D eigenvalue weighted by atomic mass is 35.5. The molecule has 0 aliphatic heterocycles. The number of anilines is 1. The van der Waals surface area contributed by atoms with Crippen molar-refractivity contribution in [1.82, 2.24) is 0 Å². The lowest BCUT2D eigenvalue weighted by atomic mass is 10.1. The van der Waals surface area contributed by atoms with Gasteiger partial charge in [-0.05, 0) is 54.7 Å². The zero-order chi connectivity index (χ0) is 16.2. The number of benzene rings is 2. The average Bonchev–Trinajstić information content (AvgIpc) is 3.31. The summed E-state index contributed by atoms with van der Waals surface area (Å²) in [5.74, 6) is -0.120. The number of halogens is 2. The standard InChI is InChI=1S/C18H17ClFNO2/c19-17-9-14(20)6-7-16(17)18(22)21-15-3-1-2-13(8-15)11-23-10-12-4-5-12/h1-3,6-9,12H,4-5,10-11H2,(H,21,22). The lowest BCUT2D eigenvalue weighted by molar-refractivity contribution is 0.102. The Morgan fingerprint density at radius 2 is 2.09 bits per heavy atom. The molecular weight excluding hydrogens is 317 g/mol. The Morgan fingerprint density at radius 1 is 1.26 bits per heavy atom. The minimum absolute atomic E-state index is 0.0893. The van der Waals surface area contributed by atoms with Crippen LogP contribution in [0.1, 0.15) is 28.8 Å². The summed E-state index contributed by atoms with van der Waals surface area (Å²) in [6.07, 6.45) is 2.52. The maximum Gasteiger partial charge on any atom is 0.257 e. The van der Waals surface area contributed by atoms with Gasteiger partial charge < -0.3 is 10.1 Å². The van der Waals surface area contributed by atoms with Crippen LogP contribution in [0, 0.1) is 11.7 Å². The lowest BCUT2D eigenvalue weighted by Gasteiger charge is -2.09. The molecule has 1 fully saturated rings. The molecule has 120 valence electrons. The van der Waals surface area contributed by atoms with Gasteiger partial charge in [-0.25, -0.2) is 4.39 Å². The maximum atomic E-state index is 13.0. The maximum absolute atomic E-state index is 13.0. The van der Waals surface area contributed by atoms with Crippen molar-refractivity contribution in [2.75, 3.05) is 11.9 Å². The van der Waals surface area contributed by atoms with E-state index in [-0.39, 0.29) is 16.5 Å². The monoisotopic (exact) mass is 333 g/mol. The van der Waals surface area contributed by atoms with Gasteiger partial charge in [0.25, 0.3) is 5.91 Å². The SMILES string of the molecule is O=C(Nc1cccc(COCC2CC2)c1)c1ccc(F)cc1Cl. The molecule has 0 saturated heterocycles. The molecular formula is C18H17ClFNO2. The van der Waals surface area contributed by atoms with E-state index >= 15 is 0 Å². The van der Waals surface area contributed by atoms with Gasteiger partial charge in [0.05, 0.1) is 17.2 Å². The fraction of sp³-hybridized carbons (Fsp3) is 0.278. The first kappa shape index (κ1) is 16.0. The highest BCUT2D eigenvalue weighted by molar-refractivity contribution is 6.34. The van der Waals surface area contributed by atoms with Crippen LogP contribution in [-0.4, -0.2) is 12.5 Å². The summed E-state index contributed by atoms with van der Waals surface area (Å²) in [6, 6.07) is 11.2.